The van der Waals surface area contributed by atoms with Crippen molar-refractivity contribution in [1.29, 1.82) is 0 Å². The van der Waals surface area contributed by atoms with E-state index >= 15 is 0 Å². The SMILES string of the molecule is c1ccc(C2(c3ccccc3)c3ccccc3Oc3cccc(-c4cccc5c4C4(c6ccccc6-c6cc7ccccc7cc64)c4ccccc4-5)c32)cc1. The first-order chi connectivity index (χ1) is 27.3. The molecule has 9 aromatic carbocycles. The summed E-state index contributed by atoms with van der Waals surface area (Å²) in [6.45, 7) is 0. The summed E-state index contributed by atoms with van der Waals surface area (Å²) in [5, 5.41) is 2.52. The summed E-state index contributed by atoms with van der Waals surface area (Å²) in [6.07, 6.45) is 0. The number of para-hydroxylation sites is 1. The summed E-state index contributed by atoms with van der Waals surface area (Å²) < 4.78 is 7.00. The standard InChI is InChI=1S/C54H34O/c1-3-19-37(20-4-1)53(38-21-5-2-6-22-38)47-30-13-14-31-49(47)55-50-32-16-27-43(52(50)53)42-26-15-25-41-39-23-9-11-28-45(39)54(51(41)42)46-29-12-10-24-40(46)44-33-35-17-7-8-18-36(35)34-48(44)54/h1-34H. The summed E-state index contributed by atoms with van der Waals surface area (Å²) in [6, 6.07) is 76.3. The average molecular weight is 699 g/mol. The first-order valence-electron chi connectivity index (χ1n) is 19.2. The van der Waals surface area contributed by atoms with Crippen LogP contribution < -0.4 is 4.74 Å². The minimum absolute atomic E-state index is 0.531. The molecule has 2 aliphatic carbocycles. The predicted molar refractivity (Wildman–Crippen MR) is 224 cm³/mol. The van der Waals surface area contributed by atoms with E-state index in [0.29, 0.717) is 0 Å². The fourth-order valence-electron chi connectivity index (χ4n) is 10.6. The molecule has 1 unspecified atom stereocenters. The Morgan fingerprint density at radius 3 is 1.40 bits per heavy atom. The van der Waals surface area contributed by atoms with Crippen LogP contribution in [0.3, 0.4) is 0 Å². The van der Waals surface area contributed by atoms with E-state index in [1.54, 1.807) is 0 Å². The Morgan fingerprint density at radius 1 is 0.273 bits per heavy atom. The molecule has 1 heteroatoms. The van der Waals surface area contributed by atoms with E-state index in [4.69, 9.17) is 4.74 Å². The van der Waals surface area contributed by atoms with Crippen LogP contribution in [0.15, 0.2) is 206 Å². The maximum absolute atomic E-state index is 7.00. The molecule has 0 aromatic heterocycles. The lowest BCUT2D eigenvalue weighted by Crippen LogP contribution is -2.35. The summed E-state index contributed by atoms with van der Waals surface area (Å²) in [5.41, 5.74) is 16.5. The molecule has 55 heavy (non-hydrogen) atoms. The maximum atomic E-state index is 7.00. The van der Waals surface area contributed by atoms with Gasteiger partial charge in [0.15, 0.2) is 0 Å². The number of benzene rings is 9. The fraction of sp³-hybridized carbons (Fsp3) is 0.0370. The highest BCUT2D eigenvalue weighted by molar-refractivity contribution is 6.02. The second kappa shape index (κ2) is 11.3. The number of hydrogen-bond acceptors (Lipinski definition) is 1. The average Bonchev–Trinajstić information content (AvgIpc) is 3.72. The lowest BCUT2D eigenvalue weighted by molar-refractivity contribution is 0.435. The van der Waals surface area contributed by atoms with Crippen LogP contribution in [-0.4, -0.2) is 0 Å². The summed E-state index contributed by atoms with van der Waals surface area (Å²) in [4.78, 5) is 0. The number of hydrogen-bond donors (Lipinski definition) is 0. The molecule has 0 radical (unpaired) electrons. The van der Waals surface area contributed by atoms with Gasteiger partial charge in [0.2, 0.25) is 0 Å². The Labute approximate surface area is 320 Å². The Bertz CT molecular complexity index is 2970. The normalized spacial score (nSPS) is 16.4. The summed E-state index contributed by atoms with van der Waals surface area (Å²) in [7, 11) is 0. The molecule has 0 amide bonds. The molecule has 0 fully saturated rings. The molecule has 0 saturated heterocycles. The molecule has 12 rings (SSSR count). The van der Waals surface area contributed by atoms with E-state index in [0.717, 1.165) is 22.6 Å². The zero-order valence-corrected chi connectivity index (χ0v) is 30.0. The van der Waals surface area contributed by atoms with E-state index < -0.39 is 10.8 Å². The Hall–Kier alpha value is -6.96. The van der Waals surface area contributed by atoms with Gasteiger partial charge in [0.25, 0.3) is 0 Å². The van der Waals surface area contributed by atoms with Gasteiger partial charge >= 0.3 is 0 Å². The van der Waals surface area contributed by atoms with Gasteiger partial charge in [-0.05, 0) is 102 Å². The van der Waals surface area contributed by atoms with Gasteiger partial charge in [0.05, 0.1) is 10.8 Å². The molecule has 1 spiro atoms. The van der Waals surface area contributed by atoms with Gasteiger partial charge in [-0.1, -0.05) is 182 Å². The molecule has 3 aliphatic rings. The molecule has 1 heterocycles. The Morgan fingerprint density at radius 2 is 0.727 bits per heavy atom. The quantitative estimate of drug-likeness (QED) is 0.178. The second-order valence-electron chi connectivity index (χ2n) is 15.1. The van der Waals surface area contributed by atoms with Gasteiger partial charge in [-0.3, -0.25) is 0 Å². The minimum Gasteiger partial charge on any atom is -0.457 e. The third-order valence-electron chi connectivity index (χ3n) is 12.6. The molecule has 1 aliphatic heterocycles. The van der Waals surface area contributed by atoms with Crippen LogP contribution in [0.25, 0.3) is 44.2 Å². The van der Waals surface area contributed by atoms with Crippen molar-refractivity contribution in [3.63, 3.8) is 0 Å². The Kier molecular flexibility index (Phi) is 6.25. The van der Waals surface area contributed by atoms with E-state index in [-0.39, 0.29) is 0 Å². The third-order valence-corrected chi connectivity index (χ3v) is 12.6. The van der Waals surface area contributed by atoms with Gasteiger partial charge in [0.1, 0.15) is 11.5 Å². The van der Waals surface area contributed by atoms with Crippen molar-refractivity contribution < 1.29 is 4.74 Å². The predicted octanol–water partition coefficient (Wildman–Crippen LogP) is 13.3. The molecule has 0 N–H and O–H groups in total. The van der Waals surface area contributed by atoms with Crippen molar-refractivity contribution >= 4 is 10.8 Å². The second-order valence-corrected chi connectivity index (χ2v) is 15.1. The van der Waals surface area contributed by atoms with Crippen molar-refractivity contribution in [1.82, 2.24) is 0 Å². The van der Waals surface area contributed by atoms with E-state index in [2.05, 4.69) is 206 Å². The van der Waals surface area contributed by atoms with Crippen molar-refractivity contribution in [2.24, 2.45) is 0 Å². The monoisotopic (exact) mass is 698 g/mol. The van der Waals surface area contributed by atoms with Crippen molar-refractivity contribution in [2.75, 3.05) is 0 Å². The van der Waals surface area contributed by atoms with Gasteiger partial charge in [-0.25, -0.2) is 0 Å². The highest BCUT2D eigenvalue weighted by Crippen LogP contribution is 2.66. The van der Waals surface area contributed by atoms with Gasteiger partial charge in [0, 0.05) is 11.1 Å². The number of fused-ring (bicyclic) bond motifs is 13. The third kappa shape index (κ3) is 3.87. The molecule has 9 aromatic rings. The van der Waals surface area contributed by atoms with Crippen molar-refractivity contribution in [2.45, 2.75) is 10.8 Å². The van der Waals surface area contributed by atoms with Gasteiger partial charge in [-0.15, -0.1) is 0 Å². The van der Waals surface area contributed by atoms with Gasteiger partial charge in [-0.2, -0.15) is 0 Å². The molecular formula is C54H34O. The van der Waals surface area contributed by atoms with E-state index in [1.165, 1.54) is 77.5 Å². The molecule has 0 bridgehead atoms. The lowest BCUT2D eigenvalue weighted by atomic mass is 9.61. The summed E-state index contributed by atoms with van der Waals surface area (Å²) in [5.74, 6) is 1.76. The van der Waals surface area contributed by atoms with Crippen molar-refractivity contribution in [3.05, 3.63) is 251 Å². The topological polar surface area (TPSA) is 9.23 Å². The van der Waals surface area contributed by atoms with Crippen LogP contribution in [0.5, 0.6) is 11.5 Å². The maximum Gasteiger partial charge on any atom is 0.132 e. The highest BCUT2D eigenvalue weighted by Gasteiger charge is 2.54. The summed E-state index contributed by atoms with van der Waals surface area (Å²) >= 11 is 0. The lowest BCUT2D eigenvalue weighted by Gasteiger charge is -2.43. The van der Waals surface area contributed by atoms with Crippen molar-refractivity contribution in [3.8, 4) is 44.9 Å². The minimum atomic E-state index is -0.660. The van der Waals surface area contributed by atoms with Crippen LogP contribution in [0, 0.1) is 0 Å². The highest BCUT2D eigenvalue weighted by atomic mass is 16.5. The Balaban J connectivity index is 1.25. The zero-order chi connectivity index (χ0) is 36.1. The first-order valence-corrected chi connectivity index (χ1v) is 19.2. The molecular weight excluding hydrogens is 665 g/mol. The molecule has 1 atom stereocenters. The van der Waals surface area contributed by atoms with Crippen LogP contribution in [0.4, 0.5) is 0 Å². The molecule has 256 valence electrons. The van der Waals surface area contributed by atoms with Crippen LogP contribution in [-0.2, 0) is 10.8 Å². The van der Waals surface area contributed by atoms with Crippen LogP contribution in [0.1, 0.15) is 44.5 Å². The molecule has 0 saturated carbocycles. The smallest absolute Gasteiger partial charge is 0.132 e. The van der Waals surface area contributed by atoms with Crippen LogP contribution >= 0.6 is 0 Å². The number of ether oxygens (including phenoxy) is 1. The van der Waals surface area contributed by atoms with E-state index in [9.17, 15) is 0 Å². The van der Waals surface area contributed by atoms with E-state index in [1.807, 2.05) is 0 Å². The number of rotatable bonds is 3. The van der Waals surface area contributed by atoms with Gasteiger partial charge < -0.3 is 4.74 Å². The fourth-order valence-corrected chi connectivity index (χ4v) is 10.6. The van der Waals surface area contributed by atoms with Crippen LogP contribution in [0.2, 0.25) is 0 Å². The zero-order valence-electron chi connectivity index (χ0n) is 30.0. The largest absolute Gasteiger partial charge is 0.457 e. The first kappa shape index (κ1) is 30.5. The molecule has 1 nitrogen and oxygen atoms in total.